The fourth-order valence-corrected chi connectivity index (χ4v) is 2.48. The summed E-state index contributed by atoms with van der Waals surface area (Å²) in [5.74, 6) is 0.431. The quantitative estimate of drug-likeness (QED) is 0.628. The van der Waals surface area contributed by atoms with E-state index in [1.807, 2.05) is 4.90 Å². The topological polar surface area (TPSA) is 87.7 Å². The third-order valence-corrected chi connectivity index (χ3v) is 3.27. The zero-order valence-corrected chi connectivity index (χ0v) is 12.1. The lowest BCUT2D eigenvalue weighted by Gasteiger charge is -2.37. The highest BCUT2D eigenvalue weighted by Gasteiger charge is 2.28. The summed E-state index contributed by atoms with van der Waals surface area (Å²) in [5.41, 5.74) is -0.678. The standard InChI is InChI=1S/C12H21N5O3/c1-12(2,18)9-15-4-6-16(7-5-15)11-10(17(19)20)8-14(3)13-11/h8,18H,4-7,9H2,1-3H3. The SMILES string of the molecule is Cn1cc([N+](=O)[O-])c(N2CCN(CC(C)(C)O)CC2)n1. The van der Waals surface area contributed by atoms with E-state index in [9.17, 15) is 15.2 Å². The Morgan fingerprint density at radius 3 is 2.50 bits per heavy atom. The van der Waals surface area contributed by atoms with Crippen LogP contribution >= 0.6 is 0 Å². The van der Waals surface area contributed by atoms with Gasteiger partial charge in [0.15, 0.2) is 0 Å². The van der Waals surface area contributed by atoms with Gasteiger partial charge < -0.3 is 10.0 Å². The van der Waals surface area contributed by atoms with Crippen LogP contribution in [0.3, 0.4) is 0 Å². The normalized spacial score (nSPS) is 17.5. The average molecular weight is 283 g/mol. The molecule has 0 atom stereocenters. The molecule has 0 bridgehead atoms. The molecular weight excluding hydrogens is 262 g/mol. The number of aromatic nitrogens is 2. The maximum absolute atomic E-state index is 11.0. The molecule has 0 spiro atoms. The third kappa shape index (κ3) is 3.45. The van der Waals surface area contributed by atoms with Crippen molar-refractivity contribution in [1.29, 1.82) is 0 Å². The number of hydrogen-bond donors (Lipinski definition) is 1. The van der Waals surface area contributed by atoms with Crippen molar-refractivity contribution >= 4 is 11.5 Å². The minimum atomic E-state index is -0.723. The smallest absolute Gasteiger partial charge is 0.330 e. The zero-order valence-electron chi connectivity index (χ0n) is 12.1. The second-order valence-electron chi connectivity index (χ2n) is 5.84. The van der Waals surface area contributed by atoms with Crippen LogP contribution in [0.4, 0.5) is 11.5 Å². The molecule has 0 amide bonds. The van der Waals surface area contributed by atoms with E-state index >= 15 is 0 Å². The van der Waals surface area contributed by atoms with Crippen molar-refractivity contribution < 1.29 is 10.0 Å². The molecule has 0 aliphatic carbocycles. The number of anilines is 1. The molecule has 112 valence electrons. The second-order valence-corrected chi connectivity index (χ2v) is 5.84. The van der Waals surface area contributed by atoms with Crippen molar-refractivity contribution in [2.24, 2.45) is 7.05 Å². The summed E-state index contributed by atoms with van der Waals surface area (Å²) in [6, 6.07) is 0. The first-order valence-electron chi connectivity index (χ1n) is 6.64. The molecule has 1 saturated heterocycles. The van der Waals surface area contributed by atoms with Crippen LogP contribution in [-0.2, 0) is 7.05 Å². The summed E-state index contributed by atoms with van der Waals surface area (Å²) in [7, 11) is 1.68. The summed E-state index contributed by atoms with van der Waals surface area (Å²) in [4.78, 5) is 14.7. The van der Waals surface area contributed by atoms with E-state index in [1.54, 1.807) is 20.9 Å². The molecule has 0 saturated carbocycles. The van der Waals surface area contributed by atoms with Crippen LogP contribution in [0.5, 0.6) is 0 Å². The largest absolute Gasteiger partial charge is 0.389 e. The Hall–Kier alpha value is -1.67. The van der Waals surface area contributed by atoms with Crippen molar-refractivity contribution in [3.8, 4) is 0 Å². The summed E-state index contributed by atoms with van der Waals surface area (Å²) < 4.78 is 1.47. The lowest BCUT2D eigenvalue weighted by molar-refractivity contribution is -0.384. The molecule has 8 heteroatoms. The molecule has 1 N–H and O–H groups in total. The van der Waals surface area contributed by atoms with Crippen LogP contribution in [0.2, 0.25) is 0 Å². The highest BCUT2D eigenvalue weighted by atomic mass is 16.6. The van der Waals surface area contributed by atoms with E-state index in [4.69, 9.17) is 0 Å². The van der Waals surface area contributed by atoms with E-state index < -0.39 is 10.5 Å². The number of aryl methyl sites for hydroxylation is 1. The number of β-amino-alcohol motifs (C(OH)–C–C–N with tert-alkyl or cyclic N) is 1. The van der Waals surface area contributed by atoms with Gasteiger partial charge in [-0.25, -0.2) is 0 Å². The van der Waals surface area contributed by atoms with Crippen LogP contribution in [0, 0.1) is 10.1 Å². The minimum absolute atomic E-state index is 0.0449. The first-order chi connectivity index (χ1) is 9.26. The van der Waals surface area contributed by atoms with Crippen molar-refractivity contribution in [3.05, 3.63) is 16.3 Å². The Morgan fingerprint density at radius 1 is 1.40 bits per heavy atom. The van der Waals surface area contributed by atoms with Gasteiger partial charge in [0.1, 0.15) is 6.20 Å². The van der Waals surface area contributed by atoms with Gasteiger partial charge in [-0.05, 0) is 13.8 Å². The fourth-order valence-electron chi connectivity index (χ4n) is 2.48. The average Bonchev–Trinajstić information content (AvgIpc) is 2.70. The highest BCUT2D eigenvalue weighted by Crippen LogP contribution is 2.26. The van der Waals surface area contributed by atoms with Gasteiger partial charge in [-0.15, -0.1) is 5.10 Å². The molecule has 2 heterocycles. The van der Waals surface area contributed by atoms with Gasteiger partial charge in [-0.3, -0.25) is 19.7 Å². The summed E-state index contributed by atoms with van der Waals surface area (Å²) >= 11 is 0. The summed E-state index contributed by atoms with van der Waals surface area (Å²) in [5, 5.41) is 25.0. The van der Waals surface area contributed by atoms with Gasteiger partial charge in [0, 0.05) is 39.8 Å². The van der Waals surface area contributed by atoms with Crippen molar-refractivity contribution in [2.45, 2.75) is 19.4 Å². The minimum Gasteiger partial charge on any atom is -0.389 e. The summed E-state index contributed by atoms with van der Waals surface area (Å²) in [6.07, 6.45) is 1.43. The van der Waals surface area contributed by atoms with Crippen LogP contribution in [0.15, 0.2) is 6.20 Å². The maximum Gasteiger partial charge on any atom is 0.330 e. The highest BCUT2D eigenvalue weighted by molar-refractivity contribution is 5.57. The van der Waals surface area contributed by atoms with Gasteiger partial charge in [0.2, 0.25) is 5.82 Å². The number of nitro groups is 1. The molecular formula is C12H21N5O3. The van der Waals surface area contributed by atoms with E-state index in [2.05, 4.69) is 10.00 Å². The predicted octanol–water partition coefficient (Wildman–Crippen LogP) is 0.221. The predicted molar refractivity (Wildman–Crippen MR) is 74.8 cm³/mol. The number of hydrogen-bond acceptors (Lipinski definition) is 6. The van der Waals surface area contributed by atoms with Crippen molar-refractivity contribution in [3.63, 3.8) is 0 Å². The maximum atomic E-state index is 11.0. The van der Waals surface area contributed by atoms with Gasteiger partial charge in [0.05, 0.1) is 10.5 Å². The molecule has 1 aromatic rings. The van der Waals surface area contributed by atoms with Gasteiger partial charge >= 0.3 is 5.69 Å². The molecule has 1 fully saturated rings. The Kier molecular flexibility index (Phi) is 3.96. The Balaban J connectivity index is 2.02. The third-order valence-electron chi connectivity index (χ3n) is 3.27. The van der Waals surface area contributed by atoms with E-state index in [0.717, 1.165) is 13.1 Å². The van der Waals surface area contributed by atoms with Crippen LogP contribution in [-0.4, -0.2) is 63.0 Å². The Labute approximate surface area is 117 Å². The fraction of sp³-hybridized carbons (Fsp3) is 0.750. The van der Waals surface area contributed by atoms with Crippen LogP contribution in [0.25, 0.3) is 0 Å². The van der Waals surface area contributed by atoms with E-state index in [1.165, 1.54) is 10.9 Å². The Bertz CT molecular complexity index is 486. The first kappa shape index (κ1) is 14.7. The number of nitrogens with zero attached hydrogens (tertiary/aromatic N) is 5. The van der Waals surface area contributed by atoms with Crippen LogP contribution in [0.1, 0.15) is 13.8 Å². The van der Waals surface area contributed by atoms with Crippen molar-refractivity contribution in [1.82, 2.24) is 14.7 Å². The van der Waals surface area contributed by atoms with Gasteiger partial charge in [-0.1, -0.05) is 0 Å². The zero-order chi connectivity index (χ0) is 14.9. The van der Waals surface area contributed by atoms with Gasteiger partial charge in [-0.2, -0.15) is 0 Å². The van der Waals surface area contributed by atoms with E-state index in [-0.39, 0.29) is 5.69 Å². The number of piperazine rings is 1. The molecule has 20 heavy (non-hydrogen) atoms. The Morgan fingerprint density at radius 2 is 2.00 bits per heavy atom. The lowest BCUT2D eigenvalue weighted by Crippen LogP contribution is -2.50. The monoisotopic (exact) mass is 283 g/mol. The molecule has 1 aliphatic heterocycles. The second kappa shape index (κ2) is 5.37. The molecule has 0 unspecified atom stereocenters. The lowest BCUT2D eigenvalue weighted by atomic mass is 10.1. The van der Waals surface area contributed by atoms with Crippen molar-refractivity contribution in [2.75, 3.05) is 37.6 Å². The first-order valence-corrected chi connectivity index (χ1v) is 6.64. The number of aliphatic hydroxyl groups is 1. The van der Waals surface area contributed by atoms with Crippen LogP contribution < -0.4 is 4.90 Å². The molecule has 0 aromatic carbocycles. The molecule has 0 radical (unpaired) electrons. The molecule has 8 nitrogen and oxygen atoms in total. The number of rotatable bonds is 4. The summed E-state index contributed by atoms with van der Waals surface area (Å²) in [6.45, 7) is 7.04. The van der Waals surface area contributed by atoms with Gasteiger partial charge in [0.25, 0.3) is 0 Å². The molecule has 2 rings (SSSR count). The molecule has 1 aliphatic rings. The molecule has 1 aromatic heterocycles. The van der Waals surface area contributed by atoms with E-state index in [0.29, 0.717) is 25.5 Å².